The Balaban J connectivity index is 1.36. The molecular formula is C18H22N4O3. The minimum absolute atomic E-state index is 0.0389. The third kappa shape index (κ3) is 3.51. The van der Waals surface area contributed by atoms with E-state index >= 15 is 0 Å². The number of nitrogens with zero attached hydrogens (tertiary/aromatic N) is 3. The lowest BCUT2D eigenvalue weighted by atomic mass is 9.82. The van der Waals surface area contributed by atoms with Crippen LogP contribution >= 0.6 is 0 Å². The molecule has 0 radical (unpaired) electrons. The van der Waals surface area contributed by atoms with Gasteiger partial charge in [-0.3, -0.25) is 4.79 Å². The monoisotopic (exact) mass is 342 g/mol. The first-order valence-electron chi connectivity index (χ1n) is 8.74. The Labute approximate surface area is 146 Å². The van der Waals surface area contributed by atoms with Gasteiger partial charge in [-0.25, -0.2) is 9.97 Å². The SMILES string of the molecule is O=C(c1ccco1)N1CCC2(CC1)C[C@@H](Nc1ncccn1)CCO2. The first kappa shape index (κ1) is 16.1. The normalized spacial score (nSPS) is 22.7. The van der Waals surface area contributed by atoms with Gasteiger partial charge in [-0.1, -0.05) is 0 Å². The fraction of sp³-hybridized carbons (Fsp3) is 0.500. The molecule has 2 saturated heterocycles. The number of ether oxygens (including phenoxy) is 1. The van der Waals surface area contributed by atoms with Crippen LogP contribution in [0.2, 0.25) is 0 Å². The van der Waals surface area contributed by atoms with Crippen molar-refractivity contribution in [1.29, 1.82) is 0 Å². The molecular weight excluding hydrogens is 320 g/mol. The summed E-state index contributed by atoms with van der Waals surface area (Å²) in [6.07, 6.45) is 8.54. The highest BCUT2D eigenvalue weighted by molar-refractivity contribution is 5.91. The van der Waals surface area contributed by atoms with Crippen LogP contribution < -0.4 is 5.32 Å². The number of hydrogen-bond donors (Lipinski definition) is 1. The molecule has 1 N–H and O–H groups in total. The van der Waals surface area contributed by atoms with Gasteiger partial charge >= 0.3 is 0 Å². The van der Waals surface area contributed by atoms with Crippen LogP contribution in [0.5, 0.6) is 0 Å². The summed E-state index contributed by atoms with van der Waals surface area (Å²) in [5.41, 5.74) is -0.162. The Morgan fingerprint density at radius 1 is 1.24 bits per heavy atom. The summed E-state index contributed by atoms with van der Waals surface area (Å²) in [4.78, 5) is 22.7. The van der Waals surface area contributed by atoms with Crippen LogP contribution in [0, 0.1) is 0 Å². The minimum Gasteiger partial charge on any atom is -0.459 e. The van der Waals surface area contributed by atoms with Crippen molar-refractivity contribution < 1.29 is 13.9 Å². The van der Waals surface area contributed by atoms with Crippen LogP contribution in [0.25, 0.3) is 0 Å². The Morgan fingerprint density at radius 2 is 2.04 bits per heavy atom. The number of amides is 1. The quantitative estimate of drug-likeness (QED) is 0.922. The molecule has 7 heteroatoms. The van der Waals surface area contributed by atoms with E-state index in [1.807, 2.05) is 11.0 Å². The van der Waals surface area contributed by atoms with E-state index in [0.29, 0.717) is 30.8 Å². The number of furan rings is 1. The Hall–Kier alpha value is -2.41. The fourth-order valence-corrected chi connectivity index (χ4v) is 3.73. The molecule has 0 bridgehead atoms. The average molecular weight is 342 g/mol. The highest BCUT2D eigenvalue weighted by Gasteiger charge is 2.41. The minimum atomic E-state index is -0.162. The maximum absolute atomic E-state index is 12.4. The van der Waals surface area contributed by atoms with E-state index in [-0.39, 0.29) is 11.5 Å². The van der Waals surface area contributed by atoms with Crippen molar-refractivity contribution in [3.8, 4) is 0 Å². The standard InChI is InChI=1S/C18H22N4O3/c23-16(15-3-1-11-24-15)22-9-5-18(6-10-22)13-14(4-12-25-18)21-17-19-7-2-8-20-17/h1-3,7-8,11,14H,4-6,9-10,12-13H2,(H,19,20,21)/t14-/m0/s1. The predicted octanol–water partition coefficient (Wildman–Crippen LogP) is 2.34. The molecule has 0 saturated carbocycles. The molecule has 1 atom stereocenters. The molecule has 0 aliphatic carbocycles. The molecule has 2 aliphatic rings. The molecule has 2 fully saturated rings. The lowest BCUT2D eigenvalue weighted by molar-refractivity contribution is -0.110. The van der Waals surface area contributed by atoms with Gasteiger partial charge in [-0.15, -0.1) is 0 Å². The molecule has 0 unspecified atom stereocenters. The van der Waals surface area contributed by atoms with Gasteiger partial charge in [0, 0.05) is 38.1 Å². The molecule has 1 spiro atoms. The number of rotatable bonds is 3. The molecule has 132 valence electrons. The lowest BCUT2D eigenvalue weighted by Gasteiger charge is -2.46. The zero-order valence-corrected chi connectivity index (χ0v) is 14.1. The molecule has 25 heavy (non-hydrogen) atoms. The lowest BCUT2D eigenvalue weighted by Crippen LogP contribution is -2.52. The third-order valence-corrected chi connectivity index (χ3v) is 5.09. The number of carbonyl (C=O) groups is 1. The van der Waals surface area contributed by atoms with Crippen LogP contribution in [-0.4, -0.2) is 52.1 Å². The van der Waals surface area contributed by atoms with Gasteiger partial charge in [-0.05, 0) is 43.9 Å². The molecule has 4 rings (SSSR count). The van der Waals surface area contributed by atoms with E-state index in [1.165, 1.54) is 6.26 Å². The molecule has 0 aromatic carbocycles. The molecule has 2 aliphatic heterocycles. The van der Waals surface area contributed by atoms with E-state index in [1.54, 1.807) is 24.5 Å². The van der Waals surface area contributed by atoms with E-state index in [9.17, 15) is 4.79 Å². The number of likely N-dealkylation sites (tertiary alicyclic amines) is 1. The topological polar surface area (TPSA) is 80.5 Å². The number of carbonyl (C=O) groups excluding carboxylic acids is 1. The summed E-state index contributed by atoms with van der Waals surface area (Å²) in [6, 6.07) is 5.56. The van der Waals surface area contributed by atoms with Gasteiger partial charge in [0.1, 0.15) is 0 Å². The first-order chi connectivity index (χ1) is 12.2. The van der Waals surface area contributed by atoms with Gasteiger partial charge in [0.05, 0.1) is 11.9 Å². The summed E-state index contributed by atoms with van der Waals surface area (Å²) in [5.74, 6) is 1.03. The van der Waals surface area contributed by atoms with Crippen LogP contribution in [0.15, 0.2) is 41.3 Å². The number of nitrogens with one attached hydrogen (secondary N) is 1. The van der Waals surface area contributed by atoms with Crippen LogP contribution in [0.1, 0.15) is 36.2 Å². The van der Waals surface area contributed by atoms with Gasteiger partial charge < -0.3 is 19.4 Å². The van der Waals surface area contributed by atoms with Crippen molar-refractivity contribution in [2.75, 3.05) is 25.0 Å². The summed E-state index contributed by atoms with van der Waals surface area (Å²) >= 11 is 0. The number of anilines is 1. The van der Waals surface area contributed by atoms with E-state index in [2.05, 4.69) is 15.3 Å². The Kier molecular flexibility index (Phi) is 4.40. The maximum Gasteiger partial charge on any atom is 0.289 e. The zero-order valence-electron chi connectivity index (χ0n) is 14.1. The second-order valence-corrected chi connectivity index (χ2v) is 6.71. The maximum atomic E-state index is 12.4. The van der Waals surface area contributed by atoms with Crippen molar-refractivity contribution >= 4 is 11.9 Å². The Bertz CT molecular complexity index is 696. The molecule has 7 nitrogen and oxygen atoms in total. The first-order valence-corrected chi connectivity index (χ1v) is 8.74. The van der Waals surface area contributed by atoms with Gasteiger partial charge in [0.25, 0.3) is 5.91 Å². The second-order valence-electron chi connectivity index (χ2n) is 6.71. The molecule has 2 aromatic heterocycles. The fourth-order valence-electron chi connectivity index (χ4n) is 3.73. The number of hydrogen-bond acceptors (Lipinski definition) is 6. The third-order valence-electron chi connectivity index (χ3n) is 5.09. The summed E-state index contributed by atoms with van der Waals surface area (Å²) in [6.45, 7) is 2.10. The Morgan fingerprint density at radius 3 is 2.76 bits per heavy atom. The summed E-state index contributed by atoms with van der Waals surface area (Å²) in [5, 5.41) is 3.41. The molecule has 4 heterocycles. The highest BCUT2D eigenvalue weighted by Crippen LogP contribution is 2.36. The van der Waals surface area contributed by atoms with Gasteiger partial charge in [0.15, 0.2) is 5.76 Å². The summed E-state index contributed by atoms with van der Waals surface area (Å²) in [7, 11) is 0. The van der Waals surface area contributed by atoms with E-state index in [0.717, 1.165) is 32.3 Å². The zero-order chi connectivity index (χ0) is 17.1. The van der Waals surface area contributed by atoms with Crippen molar-refractivity contribution in [1.82, 2.24) is 14.9 Å². The van der Waals surface area contributed by atoms with Crippen LogP contribution in [0.3, 0.4) is 0 Å². The smallest absolute Gasteiger partial charge is 0.289 e. The number of aromatic nitrogens is 2. The molecule has 2 aromatic rings. The van der Waals surface area contributed by atoms with Gasteiger partial charge in [-0.2, -0.15) is 0 Å². The van der Waals surface area contributed by atoms with E-state index < -0.39 is 0 Å². The average Bonchev–Trinajstić information content (AvgIpc) is 3.18. The van der Waals surface area contributed by atoms with Crippen molar-refractivity contribution in [2.24, 2.45) is 0 Å². The van der Waals surface area contributed by atoms with Crippen molar-refractivity contribution in [3.05, 3.63) is 42.6 Å². The van der Waals surface area contributed by atoms with Crippen LogP contribution in [0.4, 0.5) is 5.95 Å². The van der Waals surface area contributed by atoms with Gasteiger partial charge in [0.2, 0.25) is 5.95 Å². The van der Waals surface area contributed by atoms with Crippen molar-refractivity contribution in [3.63, 3.8) is 0 Å². The van der Waals surface area contributed by atoms with E-state index in [4.69, 9.17) is 9.15 Å². The molecule has 1 amide bonds. The largest absolute Gasteiger partial charge is 0.459 e. The highest BCUT2D eigenvalue weighted by atomic mass is 16.5. The number of piperidine rings is 1. The van der Waals surface area contributed by atoms with Crippen LogP contribution in [-0.2, 0) is 4.74 Å². The second kappa shape index (κ2) is 6.84. The van der Waals surface area contributed by atoms with Crippen molar-refractivity contribution in [2.45, 2.75) is 37.3 Å². The summed E-state index contributed by atoms with van der Waals surface area (Å²) < 4.78 is 11.4. The predicted molar refractivity (Wildman–Crippen MR) is 91.2 cm³/mol.